The summed E-state index contributed by atoms with van der Waals surface area (Å²) in [7, 11) is 0. The number of carbonyl (C=O) groups is 1. The minimum atomic E-state index is -0.919. The van der Waals surface area contributed by atoms with Gasteiger partial charge in [-0.1, -0.05) is 6.92 Å². The number of aliphatic carboxylic acids is 1. The van der Waals surface area contributed by atoms with Crippen LogP contribution in [0.25, 0.3) is 0 Å². The highest BCUT2D eigenvalue weighted by atomic mass is 16.4. The van der Waals surface area contributed by atoms with Crippen LogP contribution in [0.2, 0.25) is 0 Å². The fraction of sp³-hybridized carbons (Fsp3) is 0.889. The molecule has 0 amide bonds. The number of hydrogen-bond acceptors (Lipinski definition) is 3. The molecule has 0 bridgehead atoms. The van der Waals surface area contributed by atoms with Crippen molar-refractivity contribution in [1.82, 2.24) is 4.90 Å². The van der Waals surface area contributed by atoms with E-state index in [-0.39, 0.29) is 6.61 Å². The molecule has 0 aromatic carbocycles. The first-order chi connectivity index (χ1) is 6.15. The predicted molar refractivity (Wildman–Crippen MR) is 48.5 cm³/mol. The van der Waals surface area contributed by atoms with Crippen LogP contribution in [-0.2, 0) is 4.79 Å². The summed E-state index contributed by atoms with van der Waals surface area (Å²) in [4.78, 5) is 12.6. The van der Waals surface area contributed by atoms with Crippen LogP contribution in [-0.4, -0.2) is 46.8 Å². The third-order valence-corrected chi connectivity index (χ3v) is 2.72. The SMILES string of the molecule is CC1CCN(C(CO)C(=O)O)CC1. The highest BCUT2D eigenvalue weighted by Gasteiger charge is 2.27. The molecule has 13 heavy (non-hydrogen) atoms. The van der Waals surface area contributed by atoms with Crippen LogP contribution in [0.15, 0.2) is 0 Å². The van der Waals surface area contributed by atoms with Crippen molar-refractivity contribution in [3.63, 3.8) is 0 Å². The number of aliphatic hydroxyl groups is 1. The second kappa shape index (κ2) is 4.58. The Morgan fingerprint density at radius 1 is 1.54 bits per heavy atom. The summed E-state index contributed by atoms with van der Waals surface area (Å²) < 4.78 is 0. The smallest absolute Gasteiger partial charge is 0.323 e. The lowest BCUT2D eigenvalue weighted by Gasteiger charge is -2.33. The van der Waals surface area contributed by atoms with Crippen LogP contribution in [0.4, 0.5) is 0 Å². The fourth-order valence-corrected chi connectivity index (χ4v) is 1.69. The molecule has 1 fully saturated rings. The molecule has 76 valence electrons. The van der Waals surface area contributed by atoms with Gasteiger partial charge in [-0.05, 0) is 31.8 Å². The van der Waals surface area contributed by atoms with Crippen molar-refractivity contribution < 1.29 is 15.0 Å². The second-order valence-electron chi connectivity index (χ2n) is 3.76. The van der Waals surface area contributed by atoms with E-state index in [1.165, 1.54) is 0 Å². The van der Waals surface area contributed by atoms with Gasteiger partial charge in [0.25, 0.3) is 0 Å². The van der Waals surface area contributed by atoms with E-state index in [4.69, 9.17) is 10.2 Å². The average Bonchev–Trinajstić information content (AvgIpc) is 2.09. The van der Waals surface area contributed by atoms with Gasteiger partial charge in [-0.25, -0.2) is 0 Å². The van der Waals surface area contributed by atoms with Crippen molar-refractivity contribution in [2.45, 2.75) is 25.8 Å². The van der Waals surface area contributed by atoms with Gasteiger partial charge in [-0.3, -0.25) is 9.69 Å². The van der Waals surface area contributed by atoms with Crippen molar-refractivity contribution in [3.05, 3.63) is 0 Å². The zero-order chi connectivity index (χ0) is 9.84. The van der Waals surface area contributed by atoms with E-state index in [1.54, 1.807) is 0 Å². The maximum absolute atomic E-state index is 10.7. The molecule has 1 rings (SSSR count). The van der Waals surface area contributed by atoms with E-state index < -0.39 is 12.0 Å². The number of rotatable bonds is 3. The predicted octanol–water partition coefficient (Wildman–Crippen LogP) is 0.164. The second-order valence-corrected chi connectivity index (χ2v) is 3.76. The molecule has 4 nitrogen and oxygen atoms in total. The summed E-state index contributed by atoms with van der Waals surface area (Å²) in [6.07, 6.45) is 2.06. The van der Waals surface area contributed by atoms with Crippen LogP contribution >= 0.6 is 0 Å². The minimum Gasteiger partial charge on any atom is -0.480 e. The van der Waals surface area contributed by atoms with Crippen LogP contribution in [0.3, 0.4) is 0 Å². The largest absolute Gasteiger partial charge is 0.480 e. The number of carboxylic acids is 1. The standard InChI is InChI=1S/C9H17NO3/c1-7-2-4-10(5-3-7)8(6-11)9(12)13/h7-8,11H,2-6H2,1H3,(H,12,13). The van der Waals surface area contributed by atoms with Gasteiger partial charge < -0.3 is 10.2 Å². The van der Waals surface area contributed by atoms with Gasteiger partial charge in [0, 0.05) is 0 Å². The molecule has 1 saturated heterocycles. The Balaban J connectivity index is 2.46. The zero-order valence-corrected chi connectivity index (χ0v) is 7.94. The summed E-state index contributed by atoms with van der Waals surface area (Å²) in [6, 6.07) is -0.701. The Morgan fingerprint density at radius 3 is 2.46 bits per heavy atom. The molecule has 0 spiro atoms. The quantitative estimate of drug-likeness (QED) is 0.661. The third kappa shape index (κ3) is 2.67. The van der Waals surface area contributed by atoms with Gasteiger partial charge in [0.05, 0.1) is 6.61 Å². The molecule has 0 radical (unpaired) electrons. The topological polar surface area (TPSA) is 60.8 Å². The van der Waals surface area contributed by atoms with E-state index >= 15 is 0 Å². The normalized spacial score (nSPS) is 22.9. The monoisotopic (exact) mass is 187 g/mol. The number of hydrogen-bond donors (Lipinski definition) is 2. The van der Waals surface area contributed by atoms with Crippen molar-refractivity contribution in [3.8, 4) is 0 Å². The highest BCUT2D eigenvalue weighted by molar-refractivity contribution is 5.73. The molecule has 0 aliphatic carbocycles. The molecule has 0 aromatic rings. The lowest BCUT2D eigenvalue weighted by molar-refractivity contribution is -0.145. The summed E-state index contributed by atoms with van der Waals surface area (Å²) in [5.41, 5.74) is 0. The van der Waals surface area contributed by atoms with E-state index in [9.17, 15) is 4.79 Å². The highest BCUT2D eigenvalue weighted by Crippen LogP contribution is 2.17. The summed E-state index contributed by atoms with van der Waals surface area (Å²) in [6.45, 7) is 3.47. The van der Waals surface area contributed by atoms with E-state index in [1.807, 2.05) is 4.90 Å². The maximum Gasteiger partial charge on any atom is 0.323 e. The molecular formula is C9H17NO3. The van der Waals surface area contributed by atoms with Gasteiger partial charge in [0.1, 0.15) is 6.04 Å². The molecule has 0 aromatic heterocycles. The Kier molecular flexibility index (Phi) is 3.69. The summed E-state index contributed by atoms with van der Waals surface area (Å²) >= 11 is 0. The van der Waals surface area contributed by atoms with Gasteiger partial charge in [0.15, 0.2) is 0 Å². The van der Waals surface area contributed by atoms with Gasteiger partial charge >= 0.3 is 5.97 Å². The Morgan fingerprint density at radius 2 is 2.08 bits per heavy atom. The lowest BCUT2D eigenvalue weighted by Crippen LogP contribution is -2.47. The number of aliphatic hydroxyl groups excluding tert-OH is 1. The van der Waals surface area contributed by atoms with Crippen molar-refractivity contribution in [1.29, 1.82) is 0 Å². The van der Waals surface area contributed by atoms with Crippen LogP contribution in [0.1, 0.15) is 19.8 Å². The first-order valence-electron chi connectivity index (χ1n) is 4.73. The molecular weight excluding hydrogens is 170 g/mol. The van der Waals surface area contributed by atoms with Gasteiger partial charge in [-0.15, -0.1) is 0 Å². The van der Waals surface area contributed by atoms with Gasteiger partial charge in [0.2, 0.25) is 0 Å². The molecule has 1 heterocycles. The molecule has 2 N–H and O–H groups in total. The van der Waals surface area contributed by atoms with Crippen LogP contribution < -0.4 is 0 Å². The summed E-state index contributed by atoms with van der Waals surface area (Å²) in [5.74, 6) is -0.235. The number of nitrogens with zero attached hydrogens (tertiary/aromatic N) is 1. The average molecular weight is 187 g/mol. The number of carboxylic acid groups (broad SMARTS) is 1. The molecule has 1 aliphatic heterocycles. The number of likely N-dealkylation sites (tertiary alicyclic amines) is 1. The van der Waals surface area contributed by atoms with E-state index in [0.717, 1.165) is 25.9 Å². The Bertz CT molecular complexity index is 176. The first kappa shape index (κ1) is 10.5. The molecule has 1 unspecified atom stereocenters. The third-order valence-electron chi connectivity index (χ3n) is 2.72. The van der Waals surface area contributed by atoms with Crippen molar-refractivity contribution in [2.24, 2.45) is 5.92 Å². The maximum atomic E-state index is 10.7. The van der Waals surface area contributed by atoms with Crippen LogP contribution in [0.5, 0.6) is 0 Å². The molecule has 1 atom stereocenters. The molecule has 1 aliphatic rings. The van der Waals surface area contributed by atoms with Crippen molar-refractivity contribution >= 4 is 5.97 Å². The molecule has 0 saturated carbocycles. The van der Waals surface area contributed by atoms with Crippen molar-refractivity contribution in [2.75, 3.05) is 19.7 Å². The Labute approximate surface area is 78.2 Å². The lowest BCUT2D eigenvalue weighted by atomic mass is 9.98. The minimum absolute atomic E-state index is 0.288. The van der Waals surface area contributed by atoms with Crippen LogP contribution in [0, 0.1) is 5.92 Å². The Hall–Kier alpha value is -0.610. The first-order valence-corrected chi connectivity index (χ1v) is 4.73. The molecule has 4 heteroatoms. The zero-order valence-electron chi connectivity index (χ0n) is 7.94. The van der Waals surface area contributed by atoms with E-state index in [2.05, 4.69) is 6.92 Å². The number of piperidine rings is 1. The fourth-order valence-electron chi connectivity index (χ4n) is 1.69. The van der Waals surface area contributed by atoms with E-state index in [0.29, 0.717) is 5.92 Å². The van der Waals surface area contributed by atoms with Gasteiger partial charge in [-0.2, -0.15) is 0 Å². The summed E-state index contributed by atoms with van der Waals surface area (Å²) in [5, 5.41) is 17.7.